The monoisotopic (exact) mass is 357 g/mol. The van der Waals surface area contributed by atoms with E-state index < -0.39 is 29.5 Å². The van der Waals surface area contributed by atoms with E-state index in [2.05, 4.69) is 0 Å². The van der Waals surface area contributed by atoms with Crippen molar-refractivity contribution in [2.75, 3.05) is 13.7 Å². The third kappa shape index (κ3) is 2.34. The number of fused-ring (bicyclic) bond motifs is 5. The fourth-order valence-corrected chi connectivity index (χ4v) is 4.10. The number of nitrogens with zero attached hydrogens (tertiary/aromatic N) is 1. The first-order valence-electron chi connectivity index (χ1n) is 8.44. The second kappa shape index (κ2) is 5.95. The van der Waals surface area contributed by atoms with Gasteiger partial charge in [0.25, 0.3) is 0 Å². The lowest BCUT2D eigenvalue weighted by Crippen LogP contribution is -2.44. The van der Waals surface area contributed by atoms with Crippen LogP contribution < -0.4 is 4.74 Å². The lowest BCUT2D eigenvalue weighted by Gasteiger charge is -2.28. The summed E-state index contributed by atoms with van der Waals surface area (Å²) in [5.74, 6) is -1.63. The Labute approximate surface area is 150 Å². The Hall–Kier alpha value is -2.67. The van der Waals surface area contributed by atoms with Gasteiger partial charge in [0.1, 0.15) is 18.0 Å². The zero-order valence-corrected chi connectivity index (χ0v) is 14.5. The highest BCUT2D eigenvalue weighted by molar-refractivity contribution is 6.07. The maximum absolute atomic E-state index is 13.1. The number of benzene rings is 1. The predicted molar refractivity (Wildman–Crippen MR) is 88.9 cm³/mol. The molecule has 2 fully saturated rings. The van der Waals surface area contributed by atoms with Gasteiger partial charge in [-0.25, -0.2) is 0 Å². The van der Waals surface area contributed by atoms with Gasteiger partial charge < -0.3 is 14.2 Å². The van der Waals surface area contributed by atoms with Crippen LogP contribution in [0.3, 0.4) is 0 Å². The van der Waals surface area contributed by atoms with E-state index >= 15 is 0 Å². The molecule has 26 heavy (non-hydrogen) atoms. The summed E-state index contributed by atoms with van der Waals surface area (Å²) in [5, 5.41) is 0. The molecule has 1 aromatic carbocycles. The summed E-state index contributed by atoms with van der Waals surface area (Å²) in [6.45, 7) is 1.37. The molecule has 0 unspecified atom stereocenters. The van der Waals surface area contributed by atoms with Crippen molar-refractivity contribution in [1.29, 1.82) is 0 Å². The van der Waals surface area contributed by atoms with Crippen LogP contribution >= 0.6 is 0 Å². The SMILES string of the molecule is COc1ccccc1CN1C(=O)[C@@H]2[C@@H](C1=O)[C@@]1(COC(C)=O)C=C[C@H]2O1. The summed E-state index contributed by atoms with van der Waals surface area (Å²) in [5.41, 5.74) is -0.296. The van der Waals surface area contributed by atoms with E-state index in [-0.39, 0.29) is 25.0 Å². The minimum absolute atomic E-state index is 0.0714. The molecular formula is C19H19NO6. The van der Waals surface area contributed by atoms with E-state index in [0.29, 0.717) is 5.75 Å². The van der Waals surface area contributed by atoms with Gasteiger partial charge in [0.15, 0.2) is 0 Å². The quantitative estimate of drug-likeness (QED) is 0.445. The number of methoxy groups -OCH3 is 1. The molecular weight excluding hydrogens is 338 g/mol. The number of carbonyl (C=O) groups is 3. The van der Waals surface area contributed by atoms with Crippen LogP contribution in [-0.2, 0) is 30.4 Å². The fraction of sp³-hybridized carbons (Fsp3) is 0.421. The van der Waals surface area contributed by atoms with Crippen molar-refractivity contribution < 1.29 is 28.6 Å². The van der Waals surface area contributed by atoms with Crippen LogP contribution in [0.25, 0.3) is 0 Å². The van der Waals surface area contributed by atoms with E-state index in [1.165, 1.54) is 11.8 Å². The highest BCUT2D eigenvalue weighted by Gasteiger charge is 2.68. The van der Waals surface area contributed by atoms with Crippen molar-refractivity contribution in [2.24, 2.45) is 11.8 Å². The largest absolute Gasteiger partial charge is 0.496 e. The second-order valence-corrected chi connectivity index (χ2v) is 6.75. The van der Waals surface area contributed by atoms with E-state index in [0.717, 1.165) is 5.56 Å². The summed E-state index contributed by atoms with van der Waals surface area (Å²) in [6.07, 6.45) is 3.07. The molecule has 4 atom stereocenters. The number of esters is 1. The van der Waals surface area contributed by atoms with Gasteiger partial charge >= 0.3 is 5.97 Å². The number of likely N-dealkylation sites (tertiary alicyclic amines) is 1. The number of carbonyl (C=O) groups excluding carboxylic acids is 3. The topological polar surface area (TPSA) is 82.1 Å². The Balaban J connectivity index is 1.61. The second-order valence-electron chi connectivity index (χ2n) is 6.75. The van der Waals surface area contributed by atoms with Gasteiger partial charge in [-0.05, 0) is 12.1 Å². The highest BCUT2D eigenvalue weighted by atomic mass is 16.6. The van der Waals surface area contributed by atoms with Crippen molar-refractivity contribution in [3.05, 3.63) is 42.0 Å². The average Bonchev–Trinajstić information content (AvgIpc) is 3.27. The van der Waals surface area contributed by atoms with Crippen molar-refractivity contribution >= 4 is 17.8 Å². The molecule has 0 radical (unpaired) electrons. The van der Waals surface area contributed by atoms with Gasteiger partial charge in [-0.2, -0.15) is 0 Å². The number of hydrogen-bond acceptors (Lipinski definition) is 6. The molecule has 2 saturated heterocycles. The van der Waals surface area contributed by atoms with E-state index in [9.17, 15) is 14.4 Å². The molecule has 2 bridgehead atoms. The van der Waals surface area contributed by atoms with Crippen LogP contribution in [-0.4, -0.2) is 48.1 Å². The number of rotatable bonds is 5. The van der Waals surface area contributed by atoms with Gasteiger partial charge in [-0.15, -0.1) is 0 Å². The van der Waals surface area contributed by atoms with Gasteiger partial charge in [0.2, 0.25) is 11.8 Å². The van der Waals surface area contributed by atoms with Crippen LogP contribution in [0.5, 0.6) is 5.75 Å². The first kappa shape index (κ1) is 16.8. The van der Waals surface area contributed by atoms with E-state index in [1.807, 2.05) is 18.2 Å². The average molecular weight is 357 g/mol. The predicted octanol–water partition coefficient (Wildman–Crippen LogP) is 1.07. The number of imide groups is 1. The Morgan fingerprint density at radius 3 is 2.77 bits per heavy atom. The minimum Gasteiger partial charge on any atom is -0.496 e. The molecule has 3 aliphatic heterocycles. The number of hydrogen-bond donors (Lipinski definition) is 0. The van der Waals surface area contributed by atoms with Gasteiger partial charge in [-0.1, -0.05) is 24.3 Å². The fourth-order valence-electron chi connectivity index (χ4n) is 4.10. The molecule has 0 aliphatic carbocycles. The van der Waals surface area contributed by atoms with E-state index in [1.54, 1.807) is 25.3 Å². The van der Waals surface area contributed by atoms with Crippen molar-refractivity contribution in [2.45, 2.75) is 25.2 Å². The molecule has 0 N–H and O–H groups in total. The molecule has 3 heterocycles. The third-order valence-corrected chi connectivity index (χ3v) is 5.27. The van der Waals surface area contributed by atoms with Crippen molar-refractivity contribution in [3.8, 4) is 5.75 Å². The Morgan fingerprint density at radius 2 is 2.04 bits per heavy atom. The first-order valence-corrected chi connectivity index (χ1v) is 8.44. The molecule has 7 nitrogen and oxygen atoms in total. The molecule has 7 heteroatoms. The summed E-state index contributed by atoms with van der Waals surface area (Å²) in [7, 11) is 1.55. The van der Waals surface area contributed by atoms with Crippen LogP contribution in [0.15, 0.2) is 36.4 Å². The maximum atomic E-state index is 13.1. The Kier molecular flexibility index (Phi) is 3.84. The Bertz CT molecular complexity index is 818. The van der Waals surface area contributed by atoms with Gasteiger partial charge in [0.05, 0.1) is 31.6 Å². The van der Waals surface area contributed by atoms with Crippen LogP contribution in [0, 0.1) is 11.8 Å². The van der Waals surface area contributed by atoms with Crippen LogP contribution in [0.2, 0.25) is 0 Å². The normalized spacial score (nSPS) is 31.5. The molecule has 1 aromatic rings. The molecule has 0 saturated carbocycles. The molecule has 4 rings (SSSR count). The van der Waals surface area contributed by atoms with Crippen molar-refractivity contribution in [3.63, 3.8) is 0 Å². The number of ether oxygens (including phenoxy) is 3. The van der Waals surface area contributed by atoms with Crippen LogP contribution in [0.4, 0.5) is 0 Å². The first-order chi connectivity index (χ1) is 12.5. The van der Waals surface area contributed by atoms with Crippen molar-refractivity contribution in [1.82, 2.24) is 4.90 Å². The third-order valence-electron chi connectivity index (χ3n) is 5.27. The number of amides is 2. The smallest absolute Gasteiger partial charge is 0.302 e. The zero-order chi connectivity index (χ0) is 18.5. The lowest BCUT2D eigenvalue weighted by molar-refractivity contribution is -0.155. The van der Waals surface area contributed by atoms with Gasteiger partial charge in [-0.3, -0.25) is 19.3 Å². The summed E-state index contributed by atoms with van der Waals surface area (Å²) >= 11 is 0. The molecule has 0 spiro atoms. The summed E-state index contributed by atoms with van der Waals surface area (Å²) in [4.78, 5) is 38.4. The standard InChI is InChI=1S/C19H19NO6/c1-11(21)25-10-19-8-7-14(26-19)15-16(19)18(23)20(17(15)22)9-12-5-3-4-6-13(12)24-2/h3-8,14-16H,9-10H2,1-2H3/t14-,15+,16+,19+/m1/s1. The zero-order valence-electron chi connectivity index (χ0n) is 14.5. The minimum atomic E-state index is -1.05. The highest BCUT2D eigenvalue weighted by Crippen LogP contribution is 2.52. The molecule has 0 aromatic heterocycles. The summed E-state index contributed by atoms with van der Waals surface area (Å²) in [6, 6.07) is 7.28. The molecule has 2 amide bonds. The summed E-state index contributed by atoms with van der Waals surface area (Å²) < 4.78 is 16.3. The Morgan fingerprint density at radius 1 is 1.27 bits per heavy atom. The lowest BCUT2D eigenvalue weighted by atomic mass is 9.77. The molecule has 136 valence electrons. The van der Waals surface area contributed by atoms with E-state index in [4.69, 9.17) is 14.2 Å². The molecule has 3 aliphatic rings. The van der Waals surface area contributed by atoms with Gasteiger partial charge in [0, 0.05) is 12.5 Å². The number of para-hydroxylation sites is 1. The maximum Gasteiger partial charge on any atom is 0.302 e. The van der Waals surface area contributed by atoms with Crippen LogP contribution in [0.1, 0.15) is 12.5 Å².